The van der Waals surface area contributed by atoms with Crippen molar-refractivity contribution in [2.75, 3.05) is 0 Å². The van der Waals surface area contributed by atoms with Gasteiger partial charge in [0.15, 0.2) is 5.78 Å². The average molecular weight is 210 g/mol. The lowest BCUT2D eigenvalue weighted by molar-refractivity contribution is -0.0498. The van der Waals surface area contributed by atoms with Gasteiger partial charge in [-0.3, -0.25) is 4.79 Å². The van der Waals surface area contributed by atoms with Gasteiger partial charge in [-0.05, 0) is 12.1 Å². The Morgan fingerprint density at radius 2 is 2.27 bits per heavy atom. The third-order valence-corrected chi connectivity index (χ3v) is 1.64. The molecular formula is C11H8F2O2. The number of terminal acetylenes is 1. The minimum atomic E-state index is -2.90. The highest BCUT2D eigenvalue weighted by molar-refractivity contribution is 5.97. The van der Waals surface area contributed by atoms with Gasteiger partial charge in [0.05, 0.1) is 6.42 Å². The first-order chi connectivity index (χ1) is 7.13. The van der Waals surface area contributed by atoms with Crippen LogP contribution in [-0.2, 0) is 0 Å². The molecule has 0 heterocycles. The second-order valence-corrected chi connectivity index (χ2v) is 2.71. The predicted molar refractivity (Wildman–Crippen MR) is 50.9 cm³/mol. The second-order valence-electron chi connectivity index (χ2n) is 2.71. The predicted octanol–water partition coefficient (Wildman–Crippen LogP) is 2.49. The van der Waals surface area contributed by atoms with Crippen LogP contribution < -0.4 is 4.74 Å². The number of Topliss-reactive ketones (excluding diaryl/α,β-unsaturated/α-hetero) is 1. The molecule has 0 amide bonds. The molecule has 0 aliphatic heterocycles. The Hall–Kier alpha value is -1.89. The largest absolute Gasteiger partial charge is 0.435 e. The topological polar surface area (TPSA) is 26.3 Å². The molecule has 0 radical (unpaired) electrons. The van der Waals surface area contributed by atoms with E-state index in [0.29, 0.717) is 0 Å². The van der Waals surface area contributed by atoms with Crippen molar-refractivity contribution in [3.63, 3.8) is 0 Å². The first-order valence-corrected chi connectivity index (χ1v) is 4.15. The maximum absolute atomic E-state index is 11.9. The fraction of sp³-hybridized carbons (Fsp3) is 0.182. The Kier molecular flexibility index (Phi) is 3.81. The molecule has 4 heteroatoms. The van der Waals surface area contributed by atoms with E-state index in [4.69, 9.17) is 6.42 Å². The van der Waals surface area contributed by atoms with E-state index in [2.05, 4.69) is 10.7 Å². The van der Waals surface area contributed by atoms with Crippen molar-refractivity contribution in [3.05, 3.63) is 29.8 Å². The summed E-state index contributed by atoms with van der Waals surface area (Å²) in [4.78, 5) is 11.3. The third kappa shape index (κ3) is 3.39. The number of halogens is 2. The van der Waals surface area contributed by atoms with Gasteiger partial charge in [-0.25, -0.2) is 0 Å². The van der Waals surface area contributed by atoms with Gasteiger partial charge in [0.25, 0.3) is 0 Å². The zero-order valence-electron chi connectivity index (χ0n) is 7.74. The highest BCUT2D eigenvalue weighted by Gasteiger charge is 2.08. The summed E-state index contributed by atoms with van der Waals surface area (Å²) >= 11 is 0. The van der Waals surface area contributed by atoms with Crippen molar-refractivity contribution in [2.24, 2.45) is 0 Å². The first-order valence-electron chi connectivity index (χ1n) is 4.15. The van der Waals surface area contributed by atoms with E-state index in [1.165, 1.54) is 24.3 Å². The number of benzene rings is 1. The van der Waals surface area contributed by atoms with Crippen LogP contribution in [0.2, 0.25) is 0 Å². The molecular weight excluding hydrogens is 202 g/mol. The molecule has 2 nitrogen and oxygen atoms in total. The summed E-state index contributed by atoms with van der Waals surface area (Å²) in [7, 11) is 0. The van der Waals surface area contributed by atoms with Crippen molar-refractivity contribution in [1.29, 1.82) is 0 Å². The van der Waals surface area contributed by atoms with Crippen LogP contribution in [0, 0.1) is 12.3 Å². The molecule has 0 unspecified atom stereocenters. The number of ether oxygens (including phenoxy) is 1. The number of carbonyl (C=O) groups is 1. The lowest BCUT2D eigenvalue weighted by Gasteiger charge is -2.05. The molecule has 1 rings (SSSR count). The molecule has 0 saturated heterocycles. The molecule has 0 aliphatic carbocycles. The monoisotopic (exact) mass is 210 g/mol. The molecule has 0 aliphatic rings. The molecule has 0 bridgehead atoms. The molecule has 15 heavy (non-hydrogen) atoms. The van der Waals surface area contributed by atoms with Crippen LogP contribution >= 0.6 is 0 Å². The van der Waals surface area contributed by atoms with Gasteiger partial charge in [0.1, 0.15) is 5.75 Å². The van der Waals surface area contributed by atoms with Crippen molar-refractivity contribution in [3.8, 4) is 18.1 Å². The van der Waals surface area contributed by atoms with E-state index >= 15 is 0 Å². The number of hydrogen-bond donors (Lipinski definition) is 0. The molecule has 0 aromatic heterocycles. The molecule has 0 N–H and O–H groups in total. The van der Waals surface area contributed by atoms with Gasteiger partial charge in [0, 0.05) is 5.56 Å². The summed E-state index contributed by atoms with van der Waals surface area (Å²) in [6, 6.07) is 5.55. The lowest BCUT2D eigenvalue weighted by atomic mass is 10.1. The SMILES string of the molecule is C#CCC(=O)c1cccc(OC(F)F)c1. The smallest absolute Gasteiger partial charge is 0.387 e. The van der Waals surface area contributed by atoms with Crippen LogP contribution in [0.4, 0.5) is 8.78 Å². The van der Waals surface area contributed by atoms with Gasteiger partial charge in [-0.2, -0.15) is 8.78 Å². The summed E-state index contributed by atoms with van der Waals surface area (Å²) in [5, 5.41) is 0. The number of carbonyl (C=O) groups excluding carboxylic acids is 1. The Labute approximate surface area is 85.9 Å². The van der Waals surface area contributed by atoms with Gasteiger partial charge >= 0.3 is 6.61 Å². The average Bonchev–Trinajstić information content (AvgIpc) is 2.17. The number of alkyl halides is 2. The fourth-order valence-corrected chi connectivity index (χ4v) is 1.04. The number of ketones is 1. The van der Waals surface area contributed by atoms with Gasteiger partial charge < -0.3 is 4.74 Å². The van der Waals surface area contributed by atoms with Crippen molar-refractivity contribution in [2.45, 2.75) is 13.0 Å². The van der Waals surface area contributed by atoms with Crippen molar-refractivity contribution < 1.29 is 18.3 Å². The normalized spacial score (nSPS) is 9.73. The summed E-state index contributed by atoms with van der Waals surface area (Å²) in [6.45, 7) is -2.90. The zero-order valence-corrected chi connectivity index (χ0v) is 7.74. The Balaban J connectivity index is 2.83. The van der Waals surface area contributed by atoms with Crippen molar-refractivity contribution in [1.82, 2.24) is 0 Å². The van der Waals surface area contributed by atoms with Crippen LogP contribution in [-0.4, -0.2) is 12.4 Å². The minimum absolute atomic E-state index is 0.0483. The molecule has 0 fully saturated rings. The zero-order chi connectivity index (χ0) is 11.3. The molecule has 78 valence electrons. The standard InChI is InChI=1S/C11H8F2O2/c1-2-4-10(14)8-5-3-6-9(7-8)15-11(12)13/h1,3,5-7,11H,4H2. The van der Waals surface area contributed by atoms with Gasteiger partial charge in [-0.1, -0.05) is 18.1 Å². The Morgan fingerprint density at radius 3 is 2.87 bits per heavy atom. The molecule has 1 aromatic carbocycles. The molecule has 0 atom stereocenters. The Bertz CT molecular complexity index is 394. The fourth-order valence-electron chi connectivity index (χ4n) is 1.04. The van der Waals surface area contributed by atoms with Crippen LogP contribution in [0.15, 0.2) is 24.3 Å². The van der Waals surface area contributed by atoms with Crippen LogP contribution in [0.3, 0.4) is 0 Å². The van der Waals surface area contributed by atoms with Crippen LogP contribution in [0.5, 0.6) is 5.75 Å². The Morgan fingerprint density at radius 1 is 1.53 bits per heavy atom. The molecule has 0 spiro atoms. The highest BCUT2D eigenvalue weighted by atomic mass is 19.3. The van der Waals surface area contributed by atoms with Gasteiger partial charge in [0.2, 0.25) is 0 Å². The van der Waals surface area contributed by atoms with E-state index in [0.717, 1.165) is 0 Å². The summed E-state index contributed by atoms with van der Waals surface area (Å²) in [6.07, 6.45) is 4.91. The maximum Gasteiger partial charge on any atom is 0.387 e. The summed E-state index contributed by atoms with van der Waals surface area (Å²) < 4.78 is 27.9. The molecule has 0 saturated carbocycles. The van der Waals surface area contributed by atoms with E-state index in [-0.39, 0.29) is 23.5 Å². The van der Waals surface area contributed by atoms with E-state index in [9.17, 15) is 13.6 Å². The van der Waals surface area contributed by atoms with E-state index in [1.807, 2.05) is 0 Å². The third-order valence-electron chi connectivity index (χ3n) is 1.64. The highest BCUT2D eigenvalue weighted by Crippen LogP contribution is 2.16. The minimum Gasteiger partial charge on any atom is -0.435 e. The quantitative estimate of drug-likeness (QED) is 0.563. The summed E-state index contributed by atoms with van der Waals surface area (Å²) in [5.74, 6) is 1.85. The van der Waals surface area contributed by atoms with E-state index < -0.39 is 6.61 Å². The van der Waals surface area contributed by atoms with Crippen LogP contribution in [0.1, 0.15) is 16.8 Å². The van der Waals surface area contributed by atoms with Crippen LogP contribution in [0.25, 0.3) is 0 Å². The van der Waals surface area contributed by atoms with E-state index in [1.54, 1.807) is 0 Å². The second kappa shape index (κ2) is 5.11. The first kappa shape index (κ1) is 11.2. The maximum atomic E-state index is 11.9. The number of rotatable bonds is 4. The lowest BCUT2D eigenvalue weighted by Crippen LogP contribution is -2.03. The van der Waals surface area contributed by atoms with Crippen molar-refractivity contribution >= 4 is 5.78 Å². The van der Waals surface area contributed by atoms with Gasteiger partial charge in [-0.15, -0.1) is 6.42 Å². The number of hydrogen-bond acceptors (Lipinski definition) is 2. The summed E-state index contributed by atoms with van der Waals surface area (Å²) in [5.41, 5.74) is 0.270. The molecule has 1 aromatic rings.